The summed E-state index contributed by atoms with van der Waals surface area (Å²) in [5, 5.41) is 8.52. The Morgan fingerprint density at radius 3 is 2.21 bits per heavy atom. The lowest BCUT2D eigenvalue weighted by molar-refractivity contribution is -0.138. The number of hydrogen-bond acceptors (Lipinski definition) is 2. The van der Waals surface area contributed by atoms with E-state index in [1.807, 2.05) is 0 Å². The summed E-state index contributed by atoms with van der Waals surface area (Å²) in [4.78, 5) is 12.1. The van der Waals surface area contributed by atoms with Gasteiger partial charge in [0, 0.05) is 11.8 Å². The van der Waals surface area contributed by atoms with Gasteiger partial charge in [0.05, 0.1) is 6.54 Å². The fourth-order valence-corrected chi connectivity index (χ4v) is 2.25. The zero-order chi connectivity index (χ0) is 10.4. The van der Waals surface area contributed by atoms with Crippen LogP contribution < -0.4 is 0 Å². The van der Waals surface area contributed by atoms with E-state index in [1.165, 1.54) is 0 Å². The fourth-order valence-electron chi connectivity index (χ4n) is 2.25. The van der Waals surface area contributed by atoms with Gasteiger partial charge in [0.15, 0.2) is 0 Å². The third kappa shape index (κ3) is 1.49. The lowest BCUT2D eigenvalue weighted by Crippen LogP contribution is -2.39. The molecule has 3 nitrogen and oxygen atoms in total. The number of carboxylic acid groups (broad SMARTS) is 1. The second-order valence-corrected chi connectivity index (χ2v) is 4.33. The molecule has 14 heavy (non-hydrogen) atoms. The van der Waals surface area contributed by atoms with Crippen LogP contribution in [-0.2, 0) is 4.79 Å². The number of rotatable bonds is 2. The van der Waals surface area contributed by atoms with Gasteiger partial charge in [0.2, 0.25) is 0 Å². The second kappa shape index (κ2) is 2.89. The minimum Gasteiger partial charge on any atom is -0.480 e. The van der Waals surface area contributed by atoms with Crippen LogP contribution in [0.3, 0.4) is 0 Å². The normalized spacial score (nSPS) is 29.0. The van der Waals surface area contributed by atoms with E-state index in [0.717, 1.165) is 0 Å². The molecule has 1 heterocycles. The van der Waals surface area contributed by atoms with Crippen molar-refractivity contribution in [2.24, 2.45) is 5.41 Å². The lowest BCUT2D eigenvalue weighted by atomic mass is 9.93. The largest absolute Gasteiger partial charge is 0.480 e. The number of carboxylic acids is 1. The van der Waals surface area contributed by atoms with E-state index in [2.05, 4.69) is 0 Å². The summed E-state index contributed by atoms with van der Waals surface area (Å²) in [5.74, 6) is -3.37. The van der Waals surface area contributed by atoms with Gasteiger partial charge in [0.25, 0.3) is 5.92 Å². The maximum atomic E-state index is 12.9. The highest BCUT2D eigenvalue weighted by molar-refractivity contribution is 5.69. The van der Waals surface area contributed by atoms with Crippen molar-refractivity contribution < 1.29 is 18.7 Å². The molecule has 0 atom stereocenters. The van der Waals surface area contributed by atoms with Crippen molar-refractivity contribution in [2.45, 2.75) is 25.2 Å². The van der Waals surface area contributed by atoms with Gasteiger partial charge >= 0.3 is 5.97 Å². The summed E-state index contributed by atoms with van der Waals surface area (Å²) < 4.78 is 25.9. The van der Waals surface area contributed by atoms with Crippen LogP contribution in [0.1, 0.15) is 19.3 Å². The van der Waals surface area contributed by atoms with Crippen molar-refractivity contribution in [1.82, 2.24) is 4.90 Å². The number of nitrogens with zero attached hydrogens (tertiary/aromatic N) is 1. The molecule has 0 bridgehead atoms. The first-order valence-corrected chi connectivity index (χ1v) is 4.77. The van der Waals surface area contributed by atoms with Crippen LogP contribution in [-0.4, -0.2) is 41.5 Å². The van der Waals surface area contributed by atoms with Crippen molar-refractivity contribution in [1.29, 1.82) is 0 Å². The van der Waals surface area contributed by atoms with E-state index >= 15 is 0 Å². The molecule has 1 saturated carbocycles. The topological polar surface area (TPSA) is 40.5 Å². The molecular formula is C9H13F2NO2. The van der Waals surface area contributed by atoms with E-state index in [4.69, 9.17) is 5.11 Å². The molecule has 0 amide bonds. The summed E-state index contributed by atoms with van der Waals surface area (Å²) >= 11 is 0. The molecule has 2 rings (SSSR count). The number of aliphatic carboxylic acids is 1. The van der Waals surface area contributed by atoms with Gasteiger partial charge < -0.3 is 5.11 Å². The van der Waals surface area contributed by atoms with Crippen LogP contribution >= 0.6 is 0 Å². The monoisotopic (exact) mass is 205 g/mol. The van der Waals surface area contributed by atoms with E-state index in [1.54, 1.807) is 4.90 Å². The standard InChI is InChI=1S/C9H13F2NO2/c10-9(11)6-8(9)1-3-12(4-2-8)5-7(13)14/h1-6H2,(H,13,14). The Morgan fingerprint density at radius 1 is 1.36 bits per heavy atom. The zero-order valence-electron chi connectivity index (χ0n) is 7.80. The van der Waals surface area contributed by atoms with E-state index < -0.39 is 17.3 Å². The highest BCUT2D eigenvalue weighted by atomic mass is 19.3. The minimum atomic E-state index is -2.48. The van der Waals surface area contributed by atoms with E-state index in [-0.39, 0.29) is 13.0 Å². The average Bonchev–Trinajstić information content (AvgIpc) is 2.58. The summed E-state index contributed by atoms with van der Waals surface area (Å²) in [6.07, 6.45) is 0.876. The summed E-state index contributed by atoms with van der Waals surface area (Å²) in [6, 6.07) is 0. The van der Waals surface area contributed by atoms with Crippen molar-refractivity contribution in [3.63, 3.8) is 0 Å². The van der Waals surface area contributed by atoms with E-state index in [0.29, 0.717) is 25.9 Å². The Labute approximate surface area is 80.7 Å². The molecule has 1 aliphatic carbocycles. The summed E-state index contributed by atoms with van der Waals surface area (Å²) in [5.41, 5.74) is -0.776. The number of alkyl halides is 2. The Kier molecular flexibility index (Phi) is 2.03. The van der Waals surface area contributed by atoms with Crippen molar-refractivity contribution in [3.05, 3.63) is 0 Å². The van der Waals surface area contributed by atoms with Crippen molar-refractivity contribution in [3.8, 4) is 0 Å². The fraction of sp³-hybridized carbons (Fsp3) is 0.889. The van der Waals surface area contributed by atoms with Crippen molar-refractivity contribution >= 4 is 5.97 Å². The molecule has 0 aromatic rings. The summed E-state index contributed by atoms with van der Waals surface area (Å²) in [6.45, 7) is 0.950. The van der Waals surface area contributed by atoms with Gasteiger partial charge in [-0.15, -0.1) is 0 Å². The lowest BCUT2D eigenvalue weighted by Gasteiger charge is -2.30. The van der Waals surface area contributed by atoms with E-state index in [9.17, 15) is 13.6 Å². The molecule has 5 heteroatoms. The molecular weight excluding hydrogens is 192 g/mol. The quantitative estimate of drug-likeness (QED) is 0.736. The average molecular weight is 205 g/mol. The second-order valence-electron chi connectivity index (χ2n) is 4.33. The Bertz CT molecular complexity index is 260. The Hall–Kier alpha value is -0.710. The minimum absolute atomic E-state index is 0.000904. The van der Waals surface area contributed by atoms with Gasteiger partial charge in [-0.3, -0.25) is 9.69 Å². The first kappa shape index (κ1) is 9.83. The molecule has 0 aromatic carbocycles. The molecule has 1 spiro atoms. The number of hydrogen-bond donors (Lipinski definition) is 1. The molecule has 1 N–H and O–H groups in total. The number of piperidine rings is 1. The van der Waals surface area contributed by atoms with Crippen LogP contribution in [0, 0.1) is 5.41 Å². The molecule has 0 aromatic heterocycles. The van der Waals surface area contributed by atoms with Gasteiger partial charge in [0.1, 0.15) is 0 Å². The number of carbonyl (C=O) groups is 1. The molecule has 2 aliphatic rings. The first-order chi connectivity index (χ1) is 6.45. The Morgan fingerprint density at radius 2 is 1.86 bits per heavy atom. The first-order valence-electron chi connectivity index (χ1n) is 4.77. The summed E-state index contributed by atoms with van der Waals surface area (Å²) in [7, 11) is 0. The third-order valence-electron chi connectivity index (χ3n) is 3.38. The van der Waals surface area contributed by atoms with Crippen LogP contribution in [0.2, 0.25) is 0 Å². The SMILES string of the molecule is O=C(O)CN1CCC2(CC1)CC2(F)F. The predicted octanol–water partition coefficient (Wildman–Crippen LogP) is 1.19. The maximum absolute atomic E-state index is 12.9. The Balaban J connectivity index is 1.85. The zero-order valence-corrected chi connectivity index (χ0v) is 7.80. The molecule has 1 aliphatic heterocycles. The smallest absolute Gasteiger partial charge is 0.317 e. The maximum Gasteiger partial charge on any atom is 0.317 e. The third-order valence-corrected chi connectivity index (χ3v) is 3.38. The van der Waals surface area contributed by atoms with Crippen LogP contribution in [0.15, 0.2) is 0 Å². The van der Waals surface area contributed by atoms with Crippen LogP contribution in [0.4, 0.5) is 8.78 Å². The molecule has 0 radical (unpaired) electrons. The van der Waals surface area contributed by atoms with Gasteiger partial charge in [-0.2, -0.15) is 0 Å². The van der Waals surface area contributed by atoms with Gasteiger partial charge in [-0.25, -0.2) is 8.78 Å². The predicted molar refractivity (Wildman–Crippen MR) is 45.3 cm³/mol. The van der Waals surface area contributed by atoms with Crippen LogP contribution in [0.5, 0.6) is 0 Å². The number of likely N-dealkylation sites (tertiary alicyclic amines) is 1. The van der Waals surface area contributed by atoms with Gasteiger partial charge in [-0.1, -0.05) is 0 Å². The van der Waals surface area contributed by atoms with Crippen molar-refractivity contribution in [2.75, 3.05) is 19.6 Å². The highest BCUT2D eigenvalue weighted by Crippen LogP contribution is 2.65. The van der Waals surface area contributed by atoms with Crippen LogP contribution in [0.25, 0.3) is 0 Å². The van der Waals surface area contributed by atoms with Gasteiger partial charge in [-0.05, 0) is 25.9 Å². The molecule has 1 saturated heterocycles. The number of halogens is 2. The molecule has 0 unspecified atom stereocenters. The molecule has 80 valence electrons. The molecule has 2 fully saturated rings. The highest BCUT2D eigenvalue weighted by Gasteiger charge is 2.70.